The van der Waals surface area contributed by atoms with Gasteiger partial charge >= 0.3 is 5.56 Å². The molecule has 0 atom stereocenters. The number of aryl methyl sites for hydroxylation is 2. The van der Waals surface area contributed by atoms with Crippen LogP contribution in [0.3, 0.4) is 0 Å². The van der Waals surface area contributed by atoms with Crippen LogP contribution in [0.25, 0.3) is 16.2 Å². The lowest BCUT2D eigenvalue weighted by Gasteiger charge is -2.17. The molecule has 0 saturated heterocycles. The van der Waals surface area contributed by atoms with Gasteiger partial charge in [0.25, 0.3) is 11.8 Å². The molecular formula is C21H14N4O3S. The summed E-state index contributed by atoms with van der Waals surface area (Å²) in [5, 5.41) is 4.38. The average Bonchev–Trinajstić information content (AvgIpc) is 3.18. The summed E-state index contributed by atoms with van der Waals surface area (Å²) < 4.78 is 1.31. The molecule has 0 radical (unpaired) electrons. The number of nitrogens with zero attached hydrogens (tertiary/aromatic N) is 4. The predicted octanol–water partition coefficient (Wildman–Crippen LogP) is 3.24. The summed E-state index contributed by atoms with van der Waals surface area (Å²) in [6.45, 7) is 3.81. The fourth-order valence-electron chi connectivity index (χ4n) is 3.50. The second-order valence-corrected chi connectivity index (χ2v) is 7.82. The quantitative estimate of drug-likeness (QED) is 0.481. The van der Waals surface area contributed by atoms with Gasteiger partial charge in [0.2, 0.25) is 4.96 Å². The summed E-state index contributed by atoms with van der Waals surface area (Å²) in [7, 11) is 0. The highest BCUT2D eigenvalue weighted by molar-refractivity contribution is 7.19. The van der Waals surface area contributed by atoms with Crippen LogP contribution < -0.4 is 10.5 Å². The standard InChI is InChI=1S/C21H14N4O3S/c1-11-8-9-14(12(2)10-11)24-19(27)16-17(20(24)28)29-21-22-18(26)15(23-25(16)21)13-6-4-3-5-7-13/h3-10H,1-2H3. The molecule has 3 heterocycles. The molecule has 1 aliphatic heterocycles. The topological polar surface area (TPSA) is 84.6 Å². The summed E-state index contributed by atoms with van der Waals surface area (Å²) in [5.74, 6) is -0.900. The number of anilines is 1. The van der Waals surface area contributed by atoms with Crippen LogP contribution >= 0.6 is 11.3 Å². The molecule has 0 aliphatic carbocycles. The van der Waals surface area contributed by atoms with E-state index >= 15 is 0 Å². The van der Waals surface area contributed by atoms with E-state index in [1.807, 2.05) is 32.0 Å². The zero-order valence-electron chi connectivity index (χ0n) is 15.5. The molecule has 2 amide bonds. The maximum absolute atomic E-state index is 13.2. The number of aromatic nitrogens is 3. The molecule has 0 saturated carbocycles. The third-order valence-electron chi connectivity index (χ3n) is 4.84. The molecule has 1 aliphatic rings. The molecule has 0 fully saturated rings. The number of hydrogen-bond donors (Lipinski definition) is 0. The normalized spacial score (nSPS) is 13.4. The SMILES string of the molecule is Cc1ccc(N2C(=O)c3sc4nc(=O)c(-c5ccccc5)nn4c3C2=O)c(C)c1. The summed E-state index contributed by atoms with van der Waals surface area (Å²) in [5.41, 5.74) is 2.79. The Bertz CT molecular complexity index is 1390. The maximum atomic E-state index is 13.2. The predicted molar refractivity (Wildman–Crippen MR) is 110 cm³/mol. The van der Waals surface area contributed by atoms with Crippen molar-refractivity contribution in [3.63, 3.8) is 0 Å². The molecule has 142 valence electrons. The number of carbonyl (C=O) groups is 2. The lowest BCUT2D eigenvalue weighted by molar-refractivity contribution is 0.0924. The van der Waals surface area contributed by atoms with Gasteiger partial charge in [0, 0.05) is 5.56 Å². The Kier molecular flexibility index (Phi) is 3.72. The zero-order valence-corrected chi connectivity index (χ0v) is 16.4. The van der Waals surface area contributed by atoms with E-state index in [1.165, 1.54) is 4.52 Å². The number of hydrogen-bond acceptors (Lipinski definition) is 6. The summed E-state index contributed by atoms with van der Waals surface area (Å²) in [6, 6.07) is 14.5. The number of benzene rings is 2. The van der Waals surface area contributed by atoms with Crippen LogP contribution in [-0.4, -0.2) is 26.4 Å². The Hall–Kier alpha value is -3.65. The van der Waals surface area contributed by atoms with Crippen molar-refractivity contribution in [1.82, 2.24) is 14.6 Å². The lowest BCUT2D eigenvalue weighted by Crippen LogP contribution is -2.31. The van der Waals surface area contributed by atoms with E-state index in [0.29, 0.717) is 11.3 Å². The number of imide groups is 1. The van der Waals surface area contributed by atoms with Crippen LogP contribution in [0.2, 0.25) is 0 Å². The van der Waals surface area contributed by atoms with Gasteiger partial charge in [-0.05, 0) is 25.5 Å². The van der Waals surface area contributed by atoms with Crippen LogP contribution in [-0.2, 0) is 0 Å². The Balaban J connectivity index is 1.70. The number of rotatable bonds is 2. The van der Waals surface area contributed by atoms with Gasteiger partial charge in [-0.3, -0.25) is 14.4 Å². The van der Waals surface area contributed by atoms with Crippen LogP contribution in [0, 0.1) is 13.8 Å². The Morgan fingerprint density at radius 2 is 1.69 bits per heavy atom. The Morgan fingerprint density at radius 3 is 2.41 bits per heavy atom. The van der Waals surface area contributed by atoms with Gasteiger partial charge in [-0.1, -0.05) is 59.4 Å². The second-order valence-electron chi connectivity index (χ2n) is 6.84. The van der Waals surface area contributed by atoms with E-state index in [1.54, 1.807) is 30.3 Å². The highest BCUT2D eigenvalue weighted by Gasteiger charge is 2.42. The van der Waals surface area contributed by atoms with E-state index in [2.05, 4.69) is 10.1 Å². The molecule has 0 spiro atoms. The first-order valence-corrected chi connectivity index (χ1v) is 9.72. The van der Waals surface area contributed by atoms with Crippen molar-refractivity contribution >= 4 is 33.8 Å². The van der Waals surface area contributed by atoms with Gasteiger partial charge in [-0.2, -0.15) is 14.6 Å². The molecule has 0 unspecified atom stereocenters. The van der Waals surface area contributed by atoms with Crippen molar-refractivity contribution in [2.45, 2.75) is 13.8 Å². The Morgan fingerprint density at radius 1 is 0.931 bits per heavy atom. The van der Waals surface area contributed by atoms with Crippen LogP contribution in [0.1, 0.15) is 31.3 Å². The minimum Gasteiger partial charge on any atom is -0.267 e. The Labute approximate surface area is 168 Å². The fourth-order valence-corrected chi connectivity index (χ4v) is 4.48. The molecule has 29 heavy (non-hydrogen) atoms. The smallest absolute Gasteiger partial charge is 0.267 e. The average molecular weight is 402 g/mol. The van der Waals surface area contributed by atoms with Crippen molar-refractivity contribution < 1.29 is 9.59 Å². The zero-order chi connectivity index (χ0) is 20.3. The lowest BCUT2D eigenvalue weighted by atomic mass is 10.1. The first-order valence-electron chi connectivity index (χ1n) is 8.91. The van der Waals surface area contributed by atoms with Gasteiger partial charge < -0.3 is 0 Å². The number of fused-ring (bicyclic) bond motifs is 3. The van der Waals surface area contributed by atoms with Gasteiger partial charge in [0.15, 0.2) is 11.4 Å². The second kappa shape index (κ2) is 6.18. The maximum Gasteiger partial charge on any atom is 0.300 e. The third-order valence-corrected chi connectivity index (χ3v) is 5.86. The highest BCUT2D eigenvalue weighted by Crippen LogP contribution is 2.35. The molecule has 2 aromatic heterocycles. The molecule has 4 aromatic rings. The minimum absolute atomic E-state index is 0.133. The van der Waals surface area contributed by atoms with E-state index in [0.717, 1.165) is 27.4 Å². The van der Waals surface area contributed by atoms with Crippen molar-refractivity contribution in [2.75, 3.05) is 4.90 Å². The molecule has 2 aromatic carbocycles. The van der Waals surface area contributed by atoms with Gasteiger partial charge in [-0.15, -0.1) is 0 Å². The van der Waals surface area contributed by atoms with Crippen LogP contribution in [0.15, 0.2) is 53.3 Å². The van der Waals surface area contributed by atoms with Crippen molar-refractivity contribution in [1.29, 1.82) is 0 Å². The van der Waals surface area contributed by atoms with Crippen molar-refractivity contribution in [3.8, 4) is 11.3 Å². The summed E-state index contributed by atoms with van der Waals surface area (Å²) in [6.07, 6.45) is 0. The molecular weight excluding hydrogens is 388 g/mol. The summed E-state index contributed by atoms with van der Waals surface area (Å²) in [4.78, 5) is 44.3. The molecule has 0 N–H and O–H groups in total. The molecule has 8 heteroatoms. The van der Waals surface area contributed by atoms with E-state index < -0.39 is 17.4 Å². The van der Waals surface area contributed by atoms with E-state index in [-0.39, 0.29) is 21.2 Å². The van der Waals surface area contributed by atoms with Crippen molar-refractivity contribution in [2.24, 2.45) is 0 Å². The monoisotopic (exact) mass is 402 g/mol. The molecule has 5 rings (SSSR count). The van der Waals surface area contributed by atoms with Crippen LogP contribution in [0.5, 0.6) is 0 Å². The highest BCUT2D eigenvalue weighted by atomic mass is 32.1. The van der Waals surface area contributed by atoms with Gasteiger partial charge in [-0.25, -0.2) is 4.90 Å². The van der Waals surface area contributed by atoms with Gasteiger partial charge in [0.1, 0.15) is 4.88 Å². The first-order chi connectivity index (χ1) is 14.0. The summed E-state index contributed by atoms with van der Waals surface area (Å²) >= 11 is 1.00. The number of amides is 2. The molecule has 0 bridgehead atoms. The number of thiazole rings is 1. The molecule has 7 nitrogen and oxygen atoms in total. The largest absolute Gasteiger partial charge is 0.300 e. The van der Waals surface area contributed by atoms with E-state index in [9.17, 15) is 14.4 Å². The third kappa shape index (κ3) is 2.53. The number of carbonyl (C=O) groups excluding carboxylic acids is 2. The minimum atomic E-state index is -0.498. The first kappa shape index (κ1) is 17.4. The van der Waals surface area contributed by atoms with Gasteiger partial charge in [0.05, 0.1) is 5.69 Å². The van der Waals surface area contributed by atoms with E-state index in [4.69, 9.17) is 0 Å². The van der Waals surface area contributed by atoms with Crippen molar-refractivity contribution in [3.05, 3.63) is 80.6 Å². The fraction of sp³-hybridized carbons (Fsp3) is 0.0952. The van der Waals surface area contributed by atoms with Crippen LogP contribution in [0.4, 0.5) is 5.69 Å².